The first-order valence-corrected chi connectivity index (χ1v) is 11.1. The van der Waals surface area contributed by atoms with Gasteiger partial charge in [0.15, 0.2) is 5.78 Å². The predicted octanol–water partition coefficient (Wildman–Crippen LogP) is 3.75. The molecule has 0 aromatic heterocycles. The predicted molar refractivity (Wildman–Crippen MR) is 120 cm³/mol. The maximum Gasteiger partial charge on any atom is 0.410 e. The highest BCUT2D eigenvalue weighted by molar-refractivity contribution is 6.06. The molecule has 1 aromatic carbocycles. The Morgan fingerprint density at radius 3 is 2.44 bits per heavy atom. The SMILES string of the molecule is COCCNc1cc(C(=O)OC)ccc1C(=O)C1CC12CCN(C(=O)OC(C)(C)C)CC2. The van der Waals surface area contributed by atoms with Crippen LogP contribution in [0.4, 0.5) is 10.5 Å². The van der Waals surface area contributed by atoms with Gasteiger partial charge in [0.25, 0.3) is 0 Å². The number of esters is 1. The number of ketones is 1. The van der Waals surface area contributed by atoms with Gasteiger partial charge in [0, 0.05) is 43.9 Å². The van der Waals surface area contributed by atoms with Crippen molar-refractivity contribution in [1.29, 1.82) is 0 Å². The van der Waals surface area contributed by atoms with Crippen molar-refractivity contribution < 1.29 is 28.6 Å². The third-order valence-electron chi connectivity index (χ3n) is 6.24. The van der Waals surface area contributed by atoms with Crippen molar-refractivity contribution in [3.63, 3.8) is 0 Å². The summed E-state index contributed by atoms with van der Waals surface area (Å²) >= 11 is 0. The normalized spacial score (nSPS) is 19.4. The van der Waals surface area contributed by atoms with Gasteiger partial charge in [-0.05, 0) is 63.6 Å². The van der Waals surface area contributed by atoms with Crippen LogP contribution in [0, 0.1) is 11.3 Å². The van der Waals surface area contributed by atoms with Crippen LogP contribution in [0.5, 0.6) is 0 Å². The Labute approximate surface area is 189 Å². The summed E-state index contributed by atoms with van der Waals surface area (Å²) in [6.07, 6.45) is 2.11. The van der Waals surface area contributed by atoms with E-state index in [4.69, 9.17) is 14.2 Å². The Morgan fingerprint density at radius 1 is 1.16 bits per heavy atom. The minimum absolute atomic E-state index is 0.0551. The number of piperidine rings is 1. The highest BCUT2D eigenvalue weighted by Crippen LogP contribution is 2.60. The fourth-order valence-corrected chi connectivity index (χ4v) is 4.36. The van der Waals surface area contributed by atoms with Crippen LogP contribution in [0.25, 0.3) is 0 Å². The van der Waals surface area contributed by atoms with Gasteiger partial charge in [-0.2, -0.15) is 0 Å². The van der Waals surface area contributed by atoms with Crippen LogP contribution in [0.1, 0.15) is 60.7 Å². The van der Waals surface area contributed by atoms with Gasteiger partial charge >= 0.3 is 12.1 Å². The second kappa shape index (κ2) is 9.48. The Hall–Kier alpha value is -2.61. The lowest BCUT2D eigenvalue weighted by molar-refractivity contribution is 0.0167. The standard InChI is InChI=1S/C24H34N2O6/c1-23(2,3)32-22(29)26-11-8-24(9-12-26)15-18(24)20(27)17-7-6-16(21(28)31-5)14-19(17)25-10-13-30-4/h6-7,14,18,25H,8-13,15H2,1-5H3. The number of carbonyl (C=O) groups is 3. The van der Waals surface area contributed by atoms with Gasteiger partial charge in [-0.1, -0.05) is 0 Å². The van der Waals surface area contributed by atoms with Crippen molar-refractivity contribution in [2.45, 2.75) is 45.6 Å². The Balaban J connectivity index is 1.68. The van der Waals surface area contributed by atoms with E-state index in [-0.39, 0.29) is 23.2 Å². The van der Waals surface area contributed by atoms with Crippen LogP contribution < -0.4 is 5.32 Å². The summed E-state index contributed by atoms with van der Waals surface area (Å²) in [5.74, 6) is -0.446. The number of ether oxygens (including phenoxy) is 3. The molecule has 1 heterocycles. The quantitative estimate of drug-likeness (QED) is 0.387. The number of hydrogen-bond acceptors (Lipinski definition) is 7. The van der Waals surface area contributed by atoms with E-state index >= 15 is 0 Å². The van der Waals surface area contributed by atoms with Crippen LogP contribution >= 0.6 is 0 Å². The molecule has 1 aliphatic heterocycles. The molecule has 8 heteroatoms. The third kappa shape index (κ3) is 5.41. The summed E-state index contributed by atoms with van der Waals surface area (Å²) in [4.78, 5) is 39.4. The molecule has 1 unspecified atom stereocenters. The number of nitrogens with one attached hydrogen (secondary N) is 1. The minimum Gasteiger partial charge on any atom is -0.465 e. The largest absolute Gasteiger partial charge is 0.465 e. The molecule has 1 spiro atoms. The zero-order chi connectivity index (χ0) is 23.5. The molecular weight excluding hydrogens is 412 g/mol. The zero-order valence-corrected chi connectivity index (χ0v) is 19.7. The van der Waals surface area contributed by atoms with Gasteiger partial charge in [-0.15, -0.1) is 0 Å². The van der Waals surface area contributed by atoms with Gasteiger partial charge in [0.1, 0.15) is 5.60 Å². The van der Waals surface area contributed by atoms with E-state index in [2.05, 4.69) is 5.32 Å². The molecule has 1 aromatic rings. The number of likely N-dealkylation sites (tertiary alicyclic amines) is 1. The van der Waals surface area contributed by atoms with Gasteiger partial charge in [0.2, 0.25) is 0 Å². The second-order valence-electron chi connectivity index (χ2n) is 9.62. The highest BCUT2D eigenvalue weighted by atomic mass is 16.6. The average Bonchev–Trinajstić information content (AvgIpc) is 3.45. The molecule has 1 saturated heterocycles. The number of Topliss-reactive ketones (excluding diaryl/α,β-unsaturated/α-hetero) is 1. The monoisotopic (exact) mass is 446 g/mol. The first-order chi connectivity index (χ1) is 15.1. The molecule has 8 nitrogen and oxygen atoms in total. The van der Waals surface area contributed by atoms with E-state index in [0.29, 0.717) is 43.1 Å². The Kier molecular flexibility index (Phi) is 7.12. The molecule has 2 aliphatic rings. The molecule has 1 atom stereocenters. The lowest BCUT2D eigenvalue weighted by Gasteiger charge is -2.34. The maximum atomic E-state index is 13.4. The fraction of sp³-hybridized carbons (Fsp3) is 0.625. The lowest BCUT2D eigenvalue weighted by atomic mass is 9.88. The number of amides is 1. The smallest absolute Gasteiger partial charge is 0.410 e. The molecule has 1 N–H and O–H groups in total. The summed E-state index contributed by atoms with van der Waals surface area (Å²) in [5.41, 5.74) is 1.00. The van der Waals surface area contributed by atoms with Crippen LogP contribution in [-0.2, 0) is 14.2 Å². The molecule has 1 saturated carbocycles. The molecule has 1 aliphatic carbocycles. The van der Waals surface area contributed by atoms with E-state index in [1.165, 1.54) is 7.11 Å². The average molecular weight is 447 g/mol. The van der Waals surface area contributed by atoms with Gasteiger partial charge < -0.3 is 24.4 Å². The van der Waals surface area contributed by atoms with Crippen molar-refractivity contribution in [3.05, 3.63) is 29.3 Å². The molecule has 1 amide bonds. The lowest BCUT2D eigenvalue weighted by Crippen LogP contribution is -2.42. The Bertz CT molecular complexity index is 868. The fourth-order valence-electron chi connectivity index (χ4n) is 4.36. The van der Waals surface area contributed by atoms with E-state index in [9.17, 15) is 14.4 Å². The maximum absolute atomic E-state index is 13.4. The highest BCUT2D eigenvalue weighted by Gasteiger charge is 2.59. The summed E-state index contributed by atoms with van der Waals surface area (Å²) in [6, 6.07) is 4.99. The number of methoxy groups -OCH3 is 2. The van der Waals surface area contributed by atoms with Gasteiger partial charge in [-0.3, -0.25) is 4.79 Å². The van der Waals surface area contributed by atoms with Crippen molar-refractivity contribution in [2.24, 2.45) is 11.3 Å². The number of rotatable bonds is 7. The second-order valence-corrected chi connectivity index (χ2v) is 9.62. The van der Waals surface area contributed by atoms with Gasteiger partial charge in [-0.25, -0.2) is 9.59 Å². The van der Waals surface area contributed by atoms with E-state index in [1.807, 2.05) is 20.8 Å². The molecule has 3 rings (SSSR count). The van der Waals surface area contributed by atoms with Crippen LogP contribution in [0.2, 0.25) is 0 Å². The topological polar surface area (TPSA) is 94.2 Å². The van der Waals surface area contributed by atoms with Crippen molar-refractivity contribution in [2.75, 3.05) is 45.8 Å². The molecule has 176 valence electrons. The number of anilines is 1. The summed E-state index contributed by atoms with van der Waals surface area (Å²) in [6.45, 7) is 7.75. The Morgan fingerprint density at radius 2 is 1.84 bits per heavy atom. The molecule has 2 fully saturated rings. The van der Waals surface area contributed by atoms with Gasteiger partial charge in [0.05, 0.1) is 19.3 Å². The van der Waals surface area contributed by atoms with E-state index in [1.54, 1.807) is 30.2 Å². The van der Waals surface area contributed by atoms with E-state index < -0.39 is 11.6 Å². The van der Waals surface area contributed by atoms with Crippen molar-refractivity contribution in [1.82, 2.24) is 4.90 Å². The number of benzene rings is 1. The first kappa shape index (κ1) is 24.0. The third-order valence-corrected chi connectivity index (χ3v) is 6.24. The number of carbonyl (C=O) groups excluding carboxylic acids is 3. The minimum atomic E-state index is -0.521. The van der Waals surface area contributed by atoms with Crippen molar-refractivity contribution in [3.8, 4) is 0 Å². The van der Waals surface area contributed by atoms with E-state index in [0.717, 1.165) is 19.3 Å². The summed E-state index contributed by atoms with van der Waals surface area (Å²) < 4.78 is 15.4. The van der Waals surface area contributed by atoms with Crippen molar-refractivity contribution >= 4 is 23.5 Å². The number of hydrogen-bond donors (Lipinski definition) is 1. The van der Waals surface area contributed by atoms with Crippen LogP contribution in [-0.4, -0.2) is 68.8 Å². The molecular formula is C24H34N2O6. The number of nitrogens with zero attached hydrogens (tertiary/aromatic N) is 1. The molecule has 0 bridgehead atoms. The molecule has 32 heavy (non-hydrogen) atoms. The molecule has 0 radical (unpaired) electrons. The zero-order valence-electron chi connectivity index (χ0n) is 19.7. The van der Waals surface area contributed by atoms with Crippen LogP contribution in [0.3, 0.4) is 0 Å². The summed E-state index contributed by atoms with van der Waals surface area (Å²) in [7, 11) is 2.94. The first-order valence-electron chi connectivity index (χ1n) is 11.1. The summed E-state index contributed by atoms with van der Waals surface area (Å²) in [5, 5.41) is 3.21. The van der Waals surface area contributed by atoms with Crippen LogP contribution in [0.15, 0.2) is 18.2 Å².